The van der Waals surface area contributed by atoms with Gasteiger partial charge >= 0.3 is 0 Å². The van der Waals surface area contributed by atoms with E-state index in [2.05, 4.69) is 15.5 Å². The monoisotopic (exact) mass is 351 g/mol. The number of aromatic amines is 1. The van der Waals surface area contributed by atoms with Gasteiger partial charge in [0.2, 0.25) is 0 Å². The molecule has 6 heteroatoms. The van der Waals surface area contributed by atoms with Crippen molar-refractivity contribution in [2.75, 3.05) is 7.11 Å². The molecule has 0 unspecified atom stereocenters. The number of nitrogens with zero attached hydrogens (tertiary/aromatic N) is 1. The van der Waals surface area contributed by atoms with Gasteiger partial charge < -0.3 is 14.5 Å². The molecule has 6 nitrogen and oxygen atoms in total. The summed E-state index contributed by atoms with van der Waals surface area (Å²) in [7, 11) is 1.54. The molecule has 3 aromatic rings. The van der Waals surface area contributed by atoms with Crippen LogP contribution in [0.2, 0.25) is 0 Å². The van der Waals surface area contributed by atoms with Gasteiger partial charge in [0.15, 0.2) is 11.5 Å². The Kier molecular flexibility index (Phi) is 5.22. The van der Waals surface area contributed by atoms with Crippen LogP contribution in [-0.4, -0.2) is 30.3 Å². The topological polar surface area (TPSA) is 75.7 Å². The van der Waals surface area contributed by atoms with Gasteiger partial charge in [-0.25, -0.2) is 5.43 Å². The molecule has 0 aliphatic rings. The van der Waals surface area contributed by atoms with E-state index < -0.39 is 0 Å². The van der Waals surface area contributed by atoms with Crippen molar-refractivity contribution in [3.63, 3.8) is 0 Å². The Bertz CT molecular complexity index is 944. The van der Waals surface area contributed by atoms with Crippen molar-refractivity contribution in [3.8, 4) is 11.5 Å². The summed E-state index contributed by atoms with van der Waals surface area (Å²) in [5.41, 5.74) is 4.89. The van der Waals surface area contributed by atoms with Gasteiger partial charge in [-0.05, 0) is 38.1 Å². The molecule has 0 aliphatic carbocycles. The molecule has 3 rings (SSSR count). The van der Waals surface area contributed by atoms with Gasteiger partial charge in [-0.2, -0.15) is 5.10 Å². The highest BCUT2D eigenvalue weighted by Crippen LogP contribution is 2.29. The molecule has 1 heterocycles. The molecule has 2 N–H and O–H groups in total. The zero-order valence-electron chi connectivity index (χ0n) is 14.9. The van der Waals surface area contributed by atoms with Gasteiger partial charge in [-0.1, -0.05) is 18.2 Å². The number of H-pyrrole nitrogens is 1. The van der Waals surface area contributed by atoms with Gasteiger partial charge in [0.25, 0.3) is 5.91 Å². The van der Waals surface area contributed by atoms with Crippen LogP contribution in [0, 0.1) is 0 Å². The minimum Gasteiger partial charge on any atom is -0.493 e. The van der Waals surface area contributed by atoms with E-state index in [1.807, 2.05) is 44.3 Å². The fraction of sp³-hybridized carbons (Fsp3) is 0.200. The highest BCUT2D eigenvalue weighted by Gasteiger charge is 2.11. The van der Waals surface area contributed by atoms with Crippen molar-refractivity contribution >= 4 is 23.0 Å². The van der Waals surface area contributed by atoms with Crippen LogP contribution in [0.4, 0.5) is 0 Å². The molecule has 1 amide bonds. The molecular weight excluding hydrogens is 330 g/mol. The van der Waals surface area contributed by atoms with Crippen LogP contribution in [0.1, 0.15) is 29.8 Å². The molecule has 134 valence electrons. The normalized spacial score (nSPS) is 11.2. The second kappa shape index (κ2) is 7.74. The molecule has 2 aromatic carbocycles. The van der Waals surface area contributed by atoms with E-state index in [0.717, 1.165) is 16.5 Å². The number of carbonyl (C=O) groups excluding carboxylic acids is 1. The van der Waals surface area contributed by atoms with Crippen LogP contribution in [0.3, 0.4) is 0 Å². The Labute approximate surface area is 151 Å². The second-order valence-corrected chi connectivity index (χ2v) is 6.02. The number of amides is 1. The number of benzene rings is 2. The number of nitrogens with one attached hydrogen (secondary N) is 2. The van der Waals surface area contributed by atoms with E-state index >= 15 is 0 Å². The third-order valence-corrected chi connectivity index (χ3v) is 3.78. The highest BCUT2D eigenvalue weighted by atomic mass is 16.5. The molecule has 0 saturated heterocycles. The van der Waals surface area contributed by atoms with Gasteiger partial charge in [-0.3, -0.25) is 4.79 Å². The van der Waals surface area contributed by atoms with Gasteiger partial charge in [0.1, 0.15) is 0 Å². The van der Waals surface area contributed by atoms with E-state index in [0.29, 0.717) is 17.1 Å². The standard InChI is InChI=1S/C20H21N3O3/c1-13(2)26-18-9-8-14(10-19(18)25-3)20(24)23-22-12-15-11-21-17-7-5-4-6-16(15)17/h4-13,21H,1-3H3,(H,23,24)/b22-12+. The lowest BCUT2D eigenvalue weighted by Gasteiger charge is -2.14. The number of rotatable bonds is 6. The van der Waals surface area contributed by atoms with Crippen LogP contribution in [0.15, 0.2) is 53.8 Å². The second-order valence-electron chi connectivity index (χ2n) is 6.02. The molecule has 1 aromatic heterocycles. The Balaban J connectivity index is 1.71. The minimum absolute atomic E-state index is 0.0179. The summed E-state index contributed by atoms with van der Waals surface area (Å²) in [4.78, 5) is 15.5. The van der Waals surface area contributed by atoms with Crippen LogP contribution in [0.25, 0.3) is 10.9 Å². The highest BCUT2D eigenvalue weighted by molar-refractivity contribution is 6.00. The van der Waals surface area contributed by atoms with Gasteiger partial charge in [-0.15, -0.1) is 0 Å². The summed E-state index contributed by atoms with van der Waals surface area (Å²) >= 11 is 0. The maximum atomic E-state index is 12.3. The van der Waals surface area contributed by atoms with E-state index in [-0.39, 0.29) is 12.0 Å². The molecule has 0 radical (unpaired) electrons. The van der Waals surface area contributed by atoms with Crippen LogP contribution in [0.5, 0.6) is 11.5 Å². The first kappa shape index (κ1) is 17.5. The molecular formula is C20H21N3O3. The number of hydrazone groups is 1. The Morgan fingerprint density at radius 3 is 2.77 bits per heavy atom. The van der Waals surface area contributed by atoms with Crippen LogP contribution < -0.4 is 14.9 Å². The van der Waals surface area contributed by atoms with Gasteiger partial charge in [0.05, 0.1) is 19.4 Å². The smallest absolute Gasteiger partial charge is 0.271 e. The third-order valence-electron chi connectivity index (χ3n) is 3.78. The van der Waals surface area contributed by atoms with E-state index in [4.69, 9.17) is 9.47 Å². The number of para-hydroxylation sites is 1. The minimum atomic E-state index is -0.324. The summed E-state index contributed by atoms with van der Waals surface area (Å²) in [5.74, 6) is 0.781. The number of fused-ring (bicyclic) bond motifs is 1. The zero-order chi connectivity index (χ0) is 18.5. The fourth-order valence-corrected chi connectivity index (χ4v) is 2.59. The zero-order valence-corrected chi connectivity index (χ0v) is 14.9. The Hall–Kier alpha value is -3.28. The molecule has 0 spiro atoms. The first-order valence-electron chi connectivity index (χ1n) is 8.32. The Morgan fingerprint density at radius 1 is 1.19 bits per heavy atom. The fourth-order valence-electron chi connectivity index (χ4n) is 2.59. The van der Waals surface area contributed by atoms with E-state index in [9.17, 15) is 4.79 Å². The lowest BCUT2D eigenvalue weighted by molar-refractivity contribution is 0.0954. The predicted octanol–water partition coefficient (Wildman–Crippen LogP) is 3.73. The van der Waals surface area contributed by atoms with Crippen molar-refractivity contribution in [2.45, 2.75) is 20.0 Å². The summed E-state index contributed by atoms with van der Waals surface area (Å²) in [5, 5.41) is 5.09. The maximum absolute atomic E-state index is 12.3. The Morgan fingerprint density at radius 2 is 2.00 bits per heavy atom. The summed E-state index contributed by atoms with van der Waals surface area (Å²) in [6, 6.07) is 12.9. The summed E-state index contributed by atoms with van der Waals surface area (Å²) in [6.07, 6.45) is 3.48. The number of hydrogen-bond donors (Lipinski definition) is 2. The maximum Gasteiger partial charge on any atom is 0.271 e. The number of aromatic nitrogens is 1. The molecule has 0 bridgehead atoms. The average molecular weight is 351 g/mol. The summed E-state index contributed by atoms with van der Waals surface area (Å²) in [6.45, 7) is 3.86. The largest absolute Gasteiger partial charge is 0.493 e. The van der Waals surface area contributed by atoms with E-state index in [1.54, 1.807) is 31.5 Å². The van der Waals surface area contributed by atoms with E-state index in [1.165, 1.54) is 0 Å². The first-order chi connectivity index (χ1) is 12.6. The van der Waals surface area contributed by atoms with Crippen molar-refractivity contribution < 1.29 is 14.3 Å². The quantitative estimate of drug-likeness (QED) is 0.525. The SMILES string of the molecule is COc1cc(C(=O)N/N=C/c2c[nH]c3ccccc23)ccc1OC(C)C. The molecule has 26 heavy (non-hydrogen) atoms. The molecule has 0 saturated carbocycles. The number of carbonyl (C=O) groups is 1. The molecule has 0 aliphatic heterocycles. The average Bonchev–Trinajstić information content (AvgIpc) is 3.05. The third kappa shape index (κ3) is 3.85. The summed E-state index contributed by atoms with van der Waals surface area (Å²) < 4.78 is 11.0. The molecule has 0 fully saturated rings. The van der Waals surface area contributed by atoms with Crippen molar-refractivity contribution in [3.05, 3.63) is 59.8 Å². The number of ether oxygens (including phenoxy) is 2. The van der Waals surface area contributed by atoms with Crippen molar-refractivity contribution in [1.82, 2.24) is 10.4 Å². The first-order valence-corrected chi connectivity index (χ1v) is 8.32. The lowest BCUT2D eigenvalue weighted by atomic mass is 10.2. The predicted molar refractivity (Wildman–Crippen MR) is 102 cm³/mol. The number of methoxy groups -OCH3 is 1. The molecule has 0 atom stereocenters. The van der Waals surface area contributed by atoms with Crippen LogP contribution in [-0.2, 0) is 0 Å². The lowest BCUT2D eigenvalue weighted by Crippen LogP contribution is -2.17. The van der Waals surface area contributed by atoms with Crippen molar-refractivity contribution in [2.24, 2.45) is 5.10 Å². The number of hydrogen-bond acceptors (Lipinski definition) is 4. The van der Waals surface area contributed by atoms with Gasteiger partial charge in [0, 0.05) is 28.2 Å². The van der Waals surface area contributed by atoms with Crippen molar-refractivity contribution in [1.29, 1.82) is 0 Å². The van der Waals surface area contributed by atoms with Crippen LogP contribution >= 0.6 is 0 Å².